The topological polar surface area (TPSA) is 32.3 Å². The van der Waals surface area contributed by atoms with Crippen molar-refractivity contribution in [1.82, 2.24) is 10.2 Å². The molecule has 0 aromatic rings. The summed E-state index contributed by atoms with van der Waals surface area (Å²) in [5, 5.41) is 2.85. The van der Waals surface area contributed by atoms with Crippen molar-refractivity contribution in [1.29, 1.82) is 0 Å². The predicted octanol–water partition coefficient (Wildman–Crippen LogP) is 1.11. The van der Waals surface area contributed by atoms with E-state index in [0.717, 1.165) is 13.5 Å². The molecular weight excluding hydrogens is 197 g/mol. The van der Waals surface area contributed by atoms with Gasteiger partial charge >= 0.3 is 6.30 Å². The van der Waals surface area contributed by atoms with Crippen molar-refractivity contribution >= 4 is 5.91 Å². The van der Waals surface area contributed by atoms with Gasteiger partial charge in [-0.2, -0.15) is 0 Å². The molecule has 1 rings (SSSR count). The molecule has 1 aliphatic heterocycles. The maximum absolute atomic E-state index is 12.4. The lowest BCUT2D eigenvalue weighted by atomic mass is 10.1. The largest absolute Gasteiger partial charge is 0.487 e. The van der Waals surface area contributed by atoms with E-state index in [4.69, 9.17) is 0 Å². The number of piperidine rings is 1. The van der Waals surface area contributed by atoms with Crippen molar-refractivity contribution in [3.05, 3.63) is 0 Å². The standard InChI is InChI=1S/C8H13F3N2O/c1-6(14)13(8(9,10)11)7-3-2-4-12-5-7/h7,12H,2-5H2,1H3/t7-/m0/s1. The Labute approximate surface area is 80.3 Å². The molecule has 82 valence electrons. The van der Waals surface area contributed by atoms with Gasteiger partial charge < -0.3 is 5.32 Å². The molecular formula is C8H13F3N2O. The van der Waals surface area contributed by atoms with Crippen molar-refractivity contribution in [2.24, 2.45) is 0 Å². The normalized spacial score (nSPS) is 23.3. The van der Waals surface area contributed by atoms with Crippen LogP contribution in [0.5, 0.6) is 0 Å². The minimum Gasteiger partial charge on any atom is -0.315 e. The Morgan fingerprint density at radius 2 is 2.14 bits per heavy atom. The molecule has 14 heavy (non-hydrogen) atoms. The maximum atomic E-state index is 12.4. The van der Waals surface area contributed by atoms with Crippen LogP contribution in [0.15, 0.2) is 0 Å². The third-order valence-corrected chi connectivity index (χ3v) is 2.25. The van der Waals surface area contributed by atoms with Crippen molar-refractivity contribution in [3.8, 4) is 0 Å². The van der Waals surface area contributed by atoms with Crippen molar-refractivity contribution < 1.29 is 18.0 Å². The quantitative estimate of drug-likeness (QED) is 0.657. The molecule has 3 nitrogen and oxygen atoms in total. The number of alkyl halides is 3. The summed E-state index contributed by atoms with van der Waals surface area (Å²) in [7, 11) is 0. The highest BCUT2D eigenvalue weighted by Crippen LogP contribution is 2.26. The van der Waals surface area contributed by atoms with Gasteiger partial charge in [0, 0.05) is 13.5 Å². The summed E-state index contributed by atoms with van der Waals surface area (Å²) in [5.74, 6) is -0.939. The third-order valence-electron chi connectivity index (χ3n) is 2.25. The van der Waals surface area contributed by atoms with E-state index in [9.17, 15) is 18.0 Å². The van der Waals surface area contributed by atoms with E-state index < -0.39 is 18.2 Å². The Kier molecular flexibility index (Phi) is 3.36. The van der Waals surface area contributed by atoms with Crippen LogP contribution in [0, 0.1) is 0 Å². The maximum Gasteiger partial charge on any atom is 0.487 e. The van der Waals surface area contributed by atoms with E-state index in [1.807, 2.05) is 0 Å². The van der Waals surface area contributed by atoms with Gasteiger partial charge in [0.2, 0.25) is 5.91 Å². The Bertz CT molecular complexity index is 211. The first kappa shape index (κ1) is 11.3. The molecule has 1 saturated heterocycles. The average molecular weight is 210 g/mol. The lowest BCUT2D eigenvalue weighted by molar-refractivity contribution is -0.251. The Balaban J connectivity index is 2.71. The van der Waals surface area contributed by atoms with E-state index >= 15 is 0 Å². The van der Waals surface area contributed by atoms with Crippen LogP contribution in [0.1, 0.15) is 19.8 Å². The summed E-state index contributed by atoms with van der Waals surface area (Å²) in [6.45, 7) is 1.89. The summed E-state index contributed by atoms with van der Waals surface area (Å²) < 4.78 is 37.3. The molecule has 1 fully saturated rings. The fraction of sp³-hybridized carbons (Fsp3) is 0.875. The summed E-state index contributed by atoms with van der Waals surface area (Å²) in [6.07, 6.45) is -3.48. The Hall–Kier alpha value is -0.780. The molecule has 0 radical (unpaired) electrons. The van der Waals surface area contributed by atoms with Gasteiger partial charge in [-0.05, 0) is 19.4 Å². The van der Waals surface area contributed by atoms with Crippen LogP contribution in [0.2, 0.25) is 0 Å². The molecule has 0 bridgehead atoms. The highest BCUT2D eigenvalue weighted by molar-refractivity contribution is 5.74. The number of rotatable bonds is 1. The molecule has 0 aliphatic carbocycles. The number of carbonyl (C=O) groups is 1. The van der Waals surface area contributed by atoms with E-state index in [0.29, 0.717) is 12.8 Å². The van der Waals surface area contributed by atoms with E-state index in [1.54, 1.807) is 0 Å². The van der Waals surface area contributed by atoms with Gasteiger partial charge in [-0.25, -0.2) is 4.90 Å². The molecule has 1 amide bonds. The molecule has 0 spiro atoms. The monoisotopic (exact) mass is 210 g/mol. The summed E-state index contributed by atoms with van der Waals surface area (Å²) in [6, 6.07) is -0.749. The van der Waals surface area contributed by atoms with Crippen molar-refractivity contribution in [3.63, 3.8) is 0 Å². The Morgan fingerprint density at radius 1 is 1.50 bits per heavy atom. The van der Waals surface area contributed by atoms with Crippen LogP contribution >= 0.6 is 0 Å². The van der Waals surface area contributed by atoms with Crippen LogP contribution in [0.25, 0.3) is 0 Å². The predicted molar refractivity (Wildman–Crippen MR) is 44.5 cm³/mol. The Morgan fingerprint density at radius 3 is 2.50 bits per heavy atom. The van der Waals surface area contributed by atoms with Gasteiger partial charge in [0.05, 0.1) is 6.04 Å². The van der Waals surface area contributed by atoms with E-state index in [1.165, 1.54) is 0 Å². The van der Waals surface area contributed by atoms with Crippen LogP contribution in [0.4, 0.5) is 13.2 Å². The second kappa shape index (κ2) is 4.16. The van der Waals surface area contributed by atoms with Gasteiger partial charge in [-0.3, -0.25) is 4.79 Å². The summed E-state index contributed by atoms with van der Waals surface area (Å²) in [4.78, 5) is 10.9. The van der Waals surface area contributed by atoms with Crippen LogP contribution < -0.4 is 5.32 Å². The van der Waals surface area contributed by atoms with Crippen molar-refractivity contribution in [2.45, 2.75) is 32.1 Å². The molecule has 0 aromatic heterocycles. The number of carbonyl (C=O) groups excluding carboxylic acids is 1. The first-order valence-electron chi connectivity index (χ1n) is 4.50. The molecule has 1 heterocycles. The fourth-order valence-electron chi connectivity index (χ4n) is 1.70. The number of halogens is 3. The molecule has 1 aliphatic rings. The lowest BCUT2D eigenvalue weighted by Crippen LogP contribution is -2.54. The lowest BCUT2D eigenvalue weighted by Gasteiger charge is -2.34. The van der Waals surface area contributed by atoms with E-state index in [2.05, 4.69) is 5.32 Å². The van der Waals surface area contributed by atoms with Gasteiger partial charge in [0.1, 0.15) is 0 Å². The molecule has 0 unspecified atom stereocenters. The second-order valence-corrected chi connectivity index (χ2v) is 3.36. The van der Waals surface area contributed by atoms with Gasteiger partial charge in [-0.1, -0.05) is 0 Å². The fourth-order valence-corrected chi connectivity index (χ4v) is 1.70. The molecule has 1 N–H and O–H groups in total. The number of hydrogen-bond donors (Lipinski definition) is 1. The zero-order valence-electron chi connectivity index (χ0n) is 7.90. The van der Waals surface area contributed by atoms with Crippen LogP contribution in [0.3, 0.4) is 0 Å². The smallest absolute Gasteiger partial charge is 0.315 e. The zero-order valence-corrected chi connectivity index (χ0v) is 7.90. The zero-order chi connectivity index (χ0) is 10.8. The van der Waals surface area contributed by atoms with E-state index in [-0.39, 0.29) is 11.4 Å². The minimum absolute atomic E-state index is 0.0131. The minimum atomic E-state index is -4.56. The highest BCUT2D eigenvalue weighted by Gasteiger charge is 2.43. The van der Waals surface area contributed by atoms with Crippen molar-refractivity contribution in [2.75, 3.05) is 13.1 Å². The third kappa shape index (κ3) is 2.60. The second-order valence-electron chi connectivity index (χ2n) is 3.36. The number of amides is 1. The van der Waals surface area contributed by atoms with Gasteiger partial charge in [-0.15, -0.1) is 13.2 Å². The molecule has 1 atom stereocenters. The van der Waals surface area contributed by atoms with Crippen LogP contribution in [-0.2, 0) is 4.79 Å². The molecule has 0 aromatic carbocycles. The number of nitrogens with one attached hydrogen (secondary N) is 1. The SMILES string of the molecule is CC(=O)N([C@H]1CCCNC1)C(F)(F)F. The number of nitrogens with zero attached hydrogens (tertiary/aromatic N) is 1. The first-order chi connectivity index (χ1) is 6.43. The number of hydrogen-bond acceptors (Lipinski definition) is 2. The summed E-state index contributed by atoms with van der Waals surface area (Å²) in [5.41, 5.74) is 0. The molecule has 6 heteroatoms. The van der Waals surface area contributed by atoms with Gasteiger partial charge in [0.25, 0.3) is 0 Å². The highest BCUT2D eigenvalue weighted by atomic mass is 19.4. The summed E-state index contributed by atoms with van der Waals surface area (Å²) >= 11 is 0. The molecule has 0 saturated carbocycles. The first-order valence-corrected chi connectivity index (χ1v) is 4.50. The van der Waals surface area contributed by atoms with Crippen LogP contribution in [-0.4, -0.2) is 36.2 Å². The van der Waals surface area contributed by atoms with Gasteiger partial charge in [0.15, 0.2) is 0 Å². The average Bonchev–Trinajstić information content (AvgIpc) is 2.02.